The molecule has 1 unspecified atom stereocenters. The summed E-state index contributed by atoms with van der Waals surface area (Å²) < 4.78 is 1.72. The van der Waals surface area contributed by atoms with E-state index < -0.39 is 0 Å². The molecule has 104 valence electrons. The van der Waals surface area contributed by atoms with Gasteiger partial charge in [0.25, 0.3) is 0 Å². The molecule has 5 heteroatoms. The van der Waals surface area contributed by atoms with Gasteiger partial charge in [-0.2, -0.15) is 5.10 Å². The lowest BCUT2D eigenvalue weighted by Crippen LogP contribution is -2.27. The molecule has 1 aromatic heterocycles. The standard InChI is InChI=1S/C15H17N3O2/c1-17-14(18-9-11(10-19)7-15(18)20)8-13(16-17)12-5-3-2-4-6-12/h2-6,8,11,19H,7,9-10H2,1H3. The van der Waals surface area contributed by atoms with Gasteiger partial charge in [0.15, 0.2) is 0 Å². The highest BCUT2D eigenvalue weighted by atomic mass is 16.3. The topological polar surface area (TPSA) is 58.4 Å². The van der Waals surface area contributed by atoms with Crippen LogP contribution in [0.2, 0.25) is 0 Å². The van der Waals surface area contributed by atoms with E-state index in [-0.39, 0.29) is 18.4 Å². The minimum absolute atomic E-state index is 0.0255. The Hall–Kier alpha value is -2.14. The summed E-state index contributed by atoms with van der Waals surface area (Å²) in [6.07, 6.45) is 0.405. The number of anilines is 1. The zero-order chi connectivity index (χ0) is 14.1. The fourth-order valence-corrected chi connectivity index (χ4v) is 2.59. The van der Waals surface area contributed by atoms with E-state index >= 15 is 0 Å². The highest BCUT2D eigenvalue weighted by Gasteiger charge is 2.32. The molecule has 20 heavy (non-hydrogen) atoms. The second kappa shape index (κ2) is 5.09. The lowest BCUT2D eigenvalue weighted by Gasteiger charge is -2.15. The molecule has 1 amide bonds. The summed E-state index contributed by atoms with van der Waals surface area (Å²) in [7, 11) is 1.83. The Morgan fingerprint density at radius 2 is 2.10 bits per heavy atom. The normalized spacial score (nSPS) is 18.8. The number of benzene rings is 1. The van der Waals surface area contributed by atoms with Crippen molar-refractivity contribution in [2.24, 2.45) is 13.0 Å². The number of hydrogen-bond donors (Lipinski definition) is 1. The molecule has 2 aromatic rings. The van der Waals surface area contributed by atoms with Crippen LogP contribution >= 0.6 is 0 Å². The average Bonchev–Trinajstić information content (AvgIpc) is 3.02. The molecule has 0 bridgehead atoms. The van der Waals surface area contributed by atoms with Crippen LogP contribution in [-0.2, 0) is 11.8 Å². The van der Waals surface area contributed by atoms with Crippen molar-refractivity contribution in [3.8, 4) is 11.3 Å². The number of hydrogen-bond acceptors (Lipinski definition) is 3. The molecular formula is C15H17N3O2. The fourth-order valence-electron chi connectivity index (χ4n) is 2.59. The van der Waals surface area contributed by atoms with E-state index in [0.717, 1.165) is 17.1 Å². The molecule has 0 aliphatic carbocycles. The van der Waals surface area contributed by atoms with E-state index in [1.807, 2.05) is 43.4 Å². The van der Waals surface area contributed by atoms with E-state index in [9.17, 15) is 9.90 Å². The third kappa shape index (κ3) is 2.20. The first-order chi connectivity index (χ1) is 9.69. The van der Waals surface area contributed by atoms with Crippen LogP contribution in [0.25, 0.3) is 11.3 Å². The molecule has 1 saturated heterocycles. The second-order valence-electron chi connectivity index (χ2n) is 5.13. The first kappa shape index (κ1) is 12.9. The second-order valence-corrected chi connectivity index (χ2v) is 5.13. The van der Waals surface area contributed by atoms with Crippen molar-refractivity contribution >= 4 is 11.7 Å². The fraction of sp³-hybridized carbons (Fsp3) is 0.333. The highest BCUT2D eigenvalue weighted by Crippen LogP contribution is 2.28. The van der Waals surface area contributed by atoms with Crippen molar-refractivity contribution in [3.63, 3.8) is 0 Å². The summed E-state index contributed by atoms with van der Waals surface area (Å²) in [5.74, 6) is 0.856. The number of aryl methyl sites for hydroxylation is 1. The maximum Gasteiger partial charge on any atom is 0.228 e. The predicted molar refractivity (Wildman–Crippen MR) is 76.2 cm³/mol. The monoisotopic (exact) mass is 271 g/mol. The van der Waals surface area contributed by atoms with Crippen LogP contribution in [0.4, 0.5) is 5.82 Å². The number of nitrogens with zero attached hydrogens (tertiary/aromatic N) is 3. The summed E-state index contributed by atoms with van der Waals surface area (Å²) >= 11 is 0. The van der Waals surface area contributed by atoms with Crippen LogP contribution in [0.1, 0.15) is 6.42 Å². The van der Waals surface area contributed by atoms with E-state index in [1.165, 1.54) is 0 Å². The Balaban J connectivity index is 1.92. The van der Waals surface area contributed by atoms with Crippen LogP contribution in [-0.4, -0.2) is 33.9 Å². The Labute approximate surface area is 117 Å². The first-order valence-corrected chi connectivity index (χ1v) is 6.69. The predicted octanol–water partition coefficient (Wildman–Crippen LogP) is 1.43. The lowest BCUT2D eigenvalue weighted by atomic mass is 10.1. The van der Waals surface area contributed by atoms with Gasteiger partial charge in [-0.25, -0.2) is 0 Å². The highest BCUT2D eigenvalue weighted by molar-refractivity contribution is 5.95. The molecule has 0 radical (unpaired) electrons. The quantitative estimate of drug-likeness (QED) is 0.918. The van der Waals surface area contributed by atoms with Crippen LogP contribution in [0, 0.1) is 5.92 Å². The summed E-state index contributed by atoms with van der Waals surface area (Å²) in [6.45, 7) is 0.606. The Kier molecular flexibility index (Phi) is 3.28. The third-order valence-electron chi connectivity index (χ3n) is 3.66. The Bertz CT molecular complexity index is 621. The van der Waals surface area contributed by atoms with Crippen LogP contribution in [0.5, 0.6) is 0 Å². The minimum Gasteiger partial charge on any atom is -0.396 e. The van der Waals surface area contributed by atoms with Crippen molar-refractivity contribution in [1.29, 1.82) is 0 Å². The molecule has 0 saturated carbocycles. The van der Waals surface area contributed by atoms with Crippen molar-refractivity contribution in [2.75, 3.05) is 18.1 Å². The molecule has 2 heterocycles. The van der Waals surface area contributed by atoms with E-state index in [2.05, 4.69) is 5.10 Å². The Morgan fingerprint density at radius 1 is 1.35 bits per heavy atom. The largest absolute Gasteiger partial charge is 0.396 e. The van der Waals surface area contributed by atoms with Gasteiger partial charge < -0.3 is 5.11 Å². The van der Waals surface area contributed by atoms with E-state index in [4.69, 9.17) is 0 Å². The van der Waals surface area contributed by atoms with Crippen LogP contribution < -0.4 is 4.90 Å². The van der Waals surface area contributed by atoms with Gasteiger partial charge in [-0.05, 0) is 0 Å². The zero-order valence-corrected chi connectivity index (χ0v) is 11.4. The molecule has 1 atom stereocenters. The molecule has 5 nitrogen and oxygen atoms in total. The smallest absolute Gasteiger partial charge is 0.228 e. The molecule has 0 spiro atoms. The van der Waals surface area contributed by atoms with Gasteiger partial charge in [-0.1, -0.05) is 30.3 Å². The van der Waals surface area contributed by atoms with Gasteiger partial charge in [0.05, 0.1) is 5.69 Å². The molecular weight excluding hydrogens is 254 g/mol. The number of aliphatic hydroxyl groups is 1. The number of carbonyl (C=O) groups excluding carboxylic acids is 1. The van der Waals surface area contributed by atoms with E-state index in [0.29, 0.717) is 13.0 Å². The lowest BCUT2D eigenvalue weighted by molar-refractivity contribution is -0.117. The summed E-state index contributed by atoms with van der Waals surface area (Å²) in [4.78, 5) is 13.7. The molecule has 1 aliphatic rings. The Morgan fingerprint density at radius 3 is 2.75 bits per heavy atom. The van der Waals surface area contributed by atoms with Gasteiger partial charge in [-0.3, -0.25) is 14.4 Å². The van der Waals surface area contributed by atoms with Crippen molar-refractivity contribution in [3.05, 3.63) is 36.4 Å². The minimum atomic E-state index is 0.0255. The van der Waals surface area contributed by atoms with Gasteiger partial charge in [0.1, 0.15) is 5.82 Å². The SMILES string of the molecule is Cn1nc(-c2ccccc2)cc1N1CC(CO)CC1=O. The zero-order valence-electron chi connectivity index (χ0n) is 11.4. The first-order valence-electron chi connectivity index (χ1n) is 6.69. The number of aliphatic hydroxyl groups excluding tert-OH is 1. The number of aromatic nitrogens is 2. The van der Waals surface area contributed by atoms with Gasteiger partial charge in [0.2, 0.25) is 5.91 Å². The average molecular weight is 271 g/mol. The molecule has 1 aromatic carbocycles. The summed E-state index contributed by atoms with van der Waals surface area (Å²) in [5.41, 5.74) is 1.88. The summed E-state index contributed by atoms with van der Waals surface area (Å²) in [6, 6.07) is 11.8. The number of amides is 1. The maximum atomic E-state index is 12.0. The van der Waals surface area contributed by atoms with Crippen LogP contribution in [0.3, 0.4) is 0 Å². The molecule has 1 N–H and O–H groups in total. The maximum absolute atomic E-state index is 12.0. The van der Waals surface area contributed by atoms with Crippen LogP contribution in [0.15, 0.2) is 36.4 Å². The van der Waals surface area contributed by atoms with Crippen molar-refractivity contribution in [1.82, 2.24) is 9.78 Å². The number of carbonyl (C=O) groups is 1. The third-order valence-corrected chi connectivity index (χ3v) is 3.66. The van der Waals surface area contributed by atoms with Gasteiger partial charge >= 0.3 is 0 Å². The van der Waals surface area contributed by atoms with Gasteiger partial charge in [0, 0.05) is 44.2 Å². The number of rotatable bonds is 3. The van der Waals surface area contributed by atoms with Crippen molar-refractivity contribution in [2.45, 2.75) is 6.42 Å². The summed E-state index contributed by atoms with van der Waals surface area (Å²) in [5, 5.41) is 13.7. The van der Waals surface area contributed by atoms with E-state index in [1.54, 1.807) is 9.58 Å². The molecule has 1 aliphatic heterocycles. The molecule has 3 rings (SSSR count). The molecule has 1 fully saturated rings. The van der Waals surface area contributed by atoms with Crippen molar-refractivity contribution < 1.29 is 9.90 Å². The van der Waals surface area contributed by atoms with Gasteiger partial charge in [-0.15, -0.1) is 0 Å².